The predicted octanol–water partition coefficient (Wildman–Crippen LogP) is 5.15. The van der Waals surface area contributed by atoms with Crippen LogP contribution >= 0.6 is 0 Å². The zero-order valence-corrected chi connectivity index (χ0v) is 17.8. The van der Waals surface area contributed by atoms with Gasteiger partial charge in [-0.25, -0.2) is 9.37 Å². The first-order valence-electron chi connectivity index (χ1n) is 9.81. The van der Waals surface area contributed by atoms with Crippen LogP contribution in [0.4, 0.5) is 4.39 Å². The summed E-state index contributed by atoms with van der Waals surface area (Å²) in [4.78, 5) is 21.5. The summed E-state index contributed by atoms with van der Waals surface area (Å²) in [6.07, 6.45) is 1.67. The monoisotopic (exact) mass is 432 g/mol. The second kappa shape index (κ2) is 8.93. The number of nitrogens with one attached hydrogen (secondary N) is 1. The highest BCUT2D eigenvalue weighted by Crippen LogP contribution is 2.39. The van der Waals surface area contributed by atoms with E-state index in [1.54, 1.807) is 30.3 Å². The summed E-state index contributed by atoms with van der Waals surface area (Å²) in [5, 5.41) is 0. The first-order valence-corrected chi connectivity index (χ1v) is 9.81. The molecule has 6 nitrogen and oxygen atoms in total. The second-order valence-corrected chi connectivity index (χ2v) is 6.96. The number of hydrogen-bond acceptors (Lipinski definition) is 5. The van der Waals surface area contributed by atoms with E-state index in [-0.39, 0.29) is 11.6 Å². The van der Waals surface area contributed by atoms with Crippen LogP contribution in [-0.2, 0) is 0 Å². The van der Waals surface area contributed by atoms with Crippen LogP contribution in [0.5, 0.6) is 17.2 Å². The van der Waals surface area contributed by atoms with Crippen molar-refractivity contribution in [1.82, 2.24) is 9.97 Å². The van der Waals surface area contributed by atoms with Gasteiger partial charge in [-0.15, -0.1) is 0 Å². The SMILES string of the molecule is COc1cc(C(=O)C(=Cc2ccc(F)cc2)c2nc3ccccc3[nH]2)cc(OC)c1OC. The molecule has 0 saturated heterocycles. The van der Waals surface area contributed by atoms with Crippen molar-refractivity contribution in [3.05, 3.63) is 83.4 Å². The number of para-hydroxylation sites is 2. The van der Waals surface area contributed by atoms with Gasteiger partial charge in [0.2, 0.25) is 5.75 Å². The van der Waals surface area contributed by atoms with E-state index in [1.807, 2.05) is 24.3 Å². The number of Topliss-reactive ketones (excluding diaryl/α,β-unsaturated/α-hetero) is 1. The zero-order valence-electron chi connectivity index (χ0n) is 17.8. The highest BCUT2D eigenvalue weighted by molar-refractivity contribution is 6.32. The minimum Gasteiger partial charge on any atom is -0.493 e. The first-order chi connectivity index (χ1) is 15.5. The number of methoxy groups -OCH3 is 3. The lowest BCUT2D eigenvalue weighted by atomic mass is 9.99. The lowest BCUT2D eigenvalue weighted by Crippen LogP contribution is -2.06. The van der Waals surface area contributed by atoms with Crippen molar-refractivity contribution in [2.24, 2.45) is 0 Å². The number of aromatic nitrogens is 2. The Morgan fingerprint density at radius 3 is 2.19 bits per heavy atom. The molecule has 0 radical (unpaired) electrons. The number of H-pyrrole nitrogens is 1. The van der Waals surface area contributed by atoms with Crippen molar-refractivity contribution in [3.63, 3.8) is 0 Å². The van der Waals surface area contributed by atoms with Crippen LogP contribution in [0, 0.1) is 5.82 Å². The number of imidazole rings is 1. The van der Waals surface area contributed by atoms with E-state index in [1.165, 1.54) is 33.5 Å². The standard InChI is InChI=1S/C25H21FN2O4/c1-30-21-13-16(14-22(31-2)24(21)32-3)23(29)18(12-15-8-10-17(26)11-9-15)25-27-19-6-4-5-7-20(19)28-25/h4-14H,1-3H3,(H,27,28). The minimum atomic E-state index is -0.358. The lowest BCUT2D eigenvalue weighted by Gasteiger charge is -2.14. The number of rotatable bonds is 7. The zero-order chi connectivity index (χ0) is 22.7. The normalized spacial score (nSPS) is 11.4. The number of aromatic amines is 1. The van der Waals surface area contributed by atoms with Crippen molar-refractivity contribution in [1.29, 1.82) is 0 Å². The molecule has 0 bridgehead atoms. The molecule has 4 rings (SSSR count). The number of carbonyl (C=O) groups is 1. The van der Waals surface area contributed by atoms with Crippen LogP contribution in [0.15, 0.2) is 60.7 Å². The van der Waals surface area contributed by atoms with E-state index in [4.69, 9.17) is 14.2 Å². The Morgan fingerprint density at radius 2 is 1.59 bits per heavy atom. The molecule has 0 spiro atoms. The first kappa shape index (κ1) is 21.1. The number of nitrogens with zero attached hydrogens (tertiary/aromatic N) is 1. The summed E-state index contributed by atoms with van der Waals surface area (Å²) in [6.45, 7) is 0. The van der Waals surface area contributed by atoms with E-state index in [0.717, 1.165) is 11.0 Å². The number of ketones is 1. The topological polar surface area (TPSA) is 73.4 Å². The van der Waals surface area contributed by atoms with Gasteiger partial charge in [0.1, 0.15) is 11.6 Å². The van der Waals surface area contributed by atoms with Crippen molar-refractivity contribution in [2.45, 2.75) is 0 Å². The van der Waals surface area contributed by atoms with Gasteiger partial charge < -0.3 is 19.2 Å². The molecule has 162 valence electrons. The third-order valence-corrected chi connectivity index (χ3v) is 5.00. The summed E-state index contributed by atoms with van der Waals surface area (Å²) >= 11 is 0. The number of fused-ring (bicyclic) bond motifs is 1. The number of allylic oxidation sites excluding steroid dienone is 1. The molecule has 0 unspecified atom stereocenters. The Kier molecular flexibility index (Phi) is 5.89. The number of halogens is 1. The van der Waals surface area contributed by atoms with Gasteiger partial charge in [0.05, 0.1) is 37.9 Å². The van der Waals surface area contributed by atoms with E-state index < -0.39 is 0 Å². The van der Waals surface area contributed by atoms with Gasteiger partial charge >= 0.3 is 0 Å². The van der Waals surface area contributed by atoms with Gasteiger partial charge in [-0.3, -0.25) is 4.79 Å². The van der Waals surface area contributed by atoms with Crippen molar-refractivity contribution in [2.75, 3.05) is 21.3 Å². The molecule has 0 aliphatic rings. The largest absolute Gasteiger partial charge is 0.493 e. The molecule has 0 amide bonds. The van der Waals surface area contributed by atoms with Crippen LogP contribution in [0.25, 0.3) is 22.7 Å². The van der Waals surface area contributed by atoms with Crippen LogP contribution in [-0.4, -0.2) is 37.1 Å². The van der Waals surface area contributed by atoms with Crippen LogP contribution in [0.2, 0.25) is 0 Å². The summed E-state index contributed by atoms with van der Waals surface area (Å²) in [6, 6.07) is 16.5. The number of carbonyl (C=O) groups excluding carboxylic acids is 1. The third-order valence-electron chi connectivity index (χ3n) is 5.00. The second-order valence-electron chi connectivity index (χ2n) is 6.96. The molecule has 1 N–H and O–H groups in total. The molecule has 7 heteroatoms. The van der Waals surface area contributed by atoms with E-state index in [0.29, 0.717) is 39.8 Å². The number of benzene rings is 3. The van der Waals surface area contributed by atoms with E-state index in [9.17, 15) is 9.18 Å². The van der Waals surface area contributed by atoms with Gasteiger partial charge in [-0.05, 0) is 48.0 Å². The molecule has 0 saturated carbocycles. The van der Waals surface area contributed by atoms with Crippen LogP contribution < -0.4 is 14.2 Å². The van der Waals surface area contributed by atoms with Crippen molar-refractivity contribution < 1.29 is 23.4 Å². The predicted molar refractivity (Wildman–Crippen MR) is 121 cm³/mol. The Balaban J connectivity index is 1.88. The van der Waals surface area contributed by atoms with Crippen LogP contribution in [0.3, 0.4) is 0 Å². The van der Waals surface area contributed by atoms with Gasteiger partial charge in [-0.2, -0.15) is 0 Å². The van der Waals surface area contributed by atoms with Crippen molar-refractivity contribution >= 4 is 28.5 Å². The molecule has 4 aromatic rings. The average molecular weight is 432 g/mol. The van der Waals surface area contributed by atoms with Crippen molar-refractivity contribution in [3.8, 4) is 17.2 Å². The van der Waals surface area contributed by atoms with Gasteiger partial charge in [-0.1, -0.05) is 24.3 Å². The molecule has 32 heavy (non-hydrogen) atoms. The molecular weight excluding hydrogens is 411 g/mol. The van der Waals surface area contributed by atoms with Gasteiger partial charge in [0, 0.05) is 5.56 Å². The third kappa shape index (κ3) is 4.05. The molecule has 0 aliphatic carbocycles. The minimum absolute atomic E-state index is 0.307. The Hall–Kier alpha value is -4.13. The highest BCUT2D eigenvalue weighted by Gasteiger charge is 2.22. The maximum atomic E-state index is 13.7. The maximum absolute atomic E-state index is 13.7. The van der Waals surface area contributed by atoms with Gasteiger partial charge in [0.15, 0.2) is 17.3 Å². The molecular formula is C25H21FN2O4. The summed E-state index contributed by atoms with van der Waals surface area (Å²) in [7, 11) is 4.47. The Morgan fingerprint density at radius 1 is 0.938 bits per heavy atom. The molecule has 1 aromatic heterocycles. The maximum Gasteiger partial charge on any atom is 0.203 e. The summed E-state index contributed by atoms with van der Waals surface area (Å²) in [5.41, 5.74) is 2.81. The highest BCUT2D eigenvalue weighted by atomic mass is 19.1. The van der Waals surface area contributed by atoms with E-state index >= 15 is 0 Å². The fourth-order valence-corrected chi connectivity index (χ4v) is 3.42. The Bertz CT molecular complexity index is 1250. The molecule has 0 atom stereocenters. The molecule has 3 aromatic carbocycles. The van der Waals surface area contributed by atoms with E-state index in [2.05, 4.69) is 9.97 Å². The number of ether oxygens (including phenoxy) is 3. The lowest BCUT2D eigenvalue weighted by molar-refractivity contribution is 0.105. The average Bonchev–Trinajstić information content (AvgIpc) is 3.26. The van der Waals surface area contributed by atoms with Crippen LogP contribution in [0.1, 0.15) is 21.7 Å². The fourth-order valence-electron chi connectivity index (χ4n) is 3.42. The summed E-state index contributed by atoms with van der Waals surface area (Å²) < 4.78 is 29.5. The molecule has 0 fully saturated rings. The fraction of sp³-hybridized carbons (Fsp3) is 0.120. The smallest absolute Gasteiger partial charge is 0.203 e. The summed E-state index contributed by atoms with van der Waals surface area (Å²) in [5.74, 6) is 0.839. The quantitative estimate of drug-likeness (QED) is 0.323. The molecule has 1 heterocycles. The Labute approximate surface area is 184 Å². The molecule has 0 aliphatic heterocycles. The number of hydrogen-bond donors (Lipinski definition) is 1. The van der Waals surface area contributed by atoms with Gasteiger partial charge in [0.25, 0.3) is 0 Å².